The second-order valence-electron chi connectivity index (χ2n) is 8.98. The third-order valence-corrected chi connectivity index (χ3v) is 6.48. The molecular weight excluding hydrogens is 550 g/mol. The molecule has 0 radical (unpaired) electrons. The zero-order valence-electron chi connectivity index (χ0n) is 23.0. The number of para-hydroxylation sites is 1. The van der Waals surface area contributed by atoms with Crippen molar-refractivity contribution in [1.29, 1.82) is 0 Å². The van der Waals surface area contributed by atoms with Gasteiger partial charge in [-0.05, 0) is 42.5 Å². The Hall–Kier alpha value is -4.74. The molecule has 0 saturated heterocycles. The van der Waals surface area contributed by atoms with Gasteiger partial charge in [-0.25, -0.2) is 0 Å². The molecule has 1 unspecified atom stereocenters. The van der Waals surface area contributed by atoms with Crippen LogP contribution in [0.25, 0.3) is 16.7 Å². The van der Waals surface area contributed by atoms with Gasteiger partial charge in [-0.3, -0.25) is 15.6 Å². The Bertz CT molecular complexity index is 1510. The maximum Gasteiger partial charge on any atom is 0.241 e. The molecule has 0 aliphatic carbocycles. The maximum atomic E-state index is 13.0. The lowest BCUT2D eigenvalue weighted by Gasteiger charge is -2.22. The summed E-state index contributed by atoms with van der Waals surface area (Å²) in [5.41, 5.74) is 16.2. The van der Waals surface area contributed by atoms with Gasteiger partial charge in [-0.1, -0.05) is 18.2 Å². The molecule has 12 heteroatoms. The highest BCUT2D eigenvalue weighted by atomic mass is 35.5. The molecule has 41 heavy (non-hydrogen) atoms. The highest BCUT2D eigenvalue weighted by Crippen LogP contribution is 2.40. The first kappa shape index (κ1) is 29.2. The summed E-state index contributed by atoms with van der Waals surface area (Å²) in [6.45, 7) is 0. The minimum Gasteiger partial charge on any atom is -0.495 e. The van der Waals surface area contributed by atoms with Gasteiger partial charge in [0.05, 0.1) is 51.6 Å². The van der Waals surface area contributed by atoms with Crippen LogP contribution >= 0.6 is 12.4 Å². The number of fused-ring (bicyclic) bond motifs is 1. The number of methoxy groups -OCH3 is 4. The van der Waals surface area contributed by atoms with Crippen LogP contribution in [0.4, 0.5) is 11.4 Å². The summed E-state index contributed by atoms with van der Waals surface area (Å²) in [6, 6.07) is 17.8. The highest BCUT2D eigenvalue weighted by molar-refractivity contribution is 5.96. The van der Waals surface area contributed by atoms with Crippen molar-refractivity contribution in [1.82, 2.24) is 10.9 Å². The average molecular weight is 582 g/mol. The van der Waals surface area contributed by atoms with Gasteiger partial charge in [0.15, 0.2) is 11.5 Å². The number of rotatable bonds is 10. The standard InChI is InChI=1S/C29H31N5O6.ClH/c1-36-25-10-9-19(34-31-16-23(33-34)18-12-26(37-2)28(39-4)27(13-18)38-3)14-22(25)32-29(35)21(30)15-20-11-17-7-5-6-8-24(17)40-20;/h5-14,16,21,31,33H,15,30H2,1-4H3,(H,32,35);1H. The molecule has 5 N–H and O–H groups in total. The molecule has 216 valence electrons. The van der Waals surface area contributed by atoms with E-state index in [0.29, 0.717) is 40.1 Å². The Kier molecular flexibility index (Phi) is 9.00. The lowest BCUT2D eigenvalue weighted by atomic mass is 10.1. The number of carbonyl (C=O) groups excluding carboxylic acids is 1. The van der Waals surface area contributed by atoms with Crippen molar-refractivity contribution in [3.05, 3.63) is 78.2 Å². The number of anilines is 2. The van der Waals surface area contributed by atoms with Crippen molar-refractivity contribution < 1.29 is 28.2 Å². The lowest BCUT2D eigenvalue weighted by molar-refractivity contribution is -0.117. The molecule has 2 heterocycles. The Morgan fingerprint density at radius 3 is 2.32 bits per heavy atom. The molecule has 4 aromatic rings. The van der Waals surface area contributed by atoms with Crippen molar-refractivity contribution in [2.75, 3.05) is 38.9 Å². The van der Waals surface area contributed by atoms with E-state index in [-0.39, 0.29) is 24.7 Å². The van der Waals surface area contributed by atoms with E-state index in [1.807, 2.05) is 48.5 Å². The van der Waals surface area contributed by atoms with E-state index >= 15 is 0 Å². The fraction of sp³-hybridized carbons (Fsp3) is 0.207. The molecule has 11 nitrogen and oxygen atoms in total. The molecule has 5 rings (SSSR count). The first-order valence-electron chi connectivity index (χ1n) is 12.5. The number of benzene rings is 3. The van der Waals surface area contributed by atoms with Gasteiger partial charge >= 0.3 is 0 Å². The van der Waals surface area contributed by atoms with Crippen molar-refractivity contribution in [3.63, 3.8) is 0 Å². The first-order chi connectivity index (χ1) is 19.4. The van der Waals surface area contributed by atoms with Crippen LogP contribution in [0.3, 0.4) is 0 Å². The van der Waals surface area contributed by atoms with Crippen LogP contribution in [0.1, 0.15) is 11.3 Å². The third kappa shape index (κ3) is 6.06. The molecule has 0 spiro atoms. The predicted molar refractivity (Wildman–Crippen MR) is 160 cm³/mol. The number of hydrogen-bond acceptors (Lipinski definition) is 10. The number of furan rings is 1. The predicted octanol–water partition coefficient (Wildman–Crippen LogP) is 4.23. The smallest absolute Gasteiger partial charge is 0.241 e. The number of hydrogen-bond donors (Lipinski definition) is 4. The van der Waals surface area contributed by atoms with Crippen LogP contribution in [0.2, 0.25) is 0 Å². The minimum absolute atomic E-state index is 0. The fourth-order valence-corrected chi connectivity index (χ4v) is 4.44. The molecule has 0 saturated carbocycles. The second kappa shape index (κ2) is 12.6. The van der Waals surface area contributed by atoms with Crippen molar-refractivity contribution in [3.8, 4) is 23.0 Å². The number of carbonyl (C=O) groups is 1. The Morgan fingerprint density at radius 1 is 0.951 bits per heavy atom. The van der Waals surface area contributed by atoms with Gasteiger partial charge in [0, 0.05) is 23.6 Å². The Labute approximate surface area is 243 Å². The molecule has 1 amide bonds. The fourth-order valence-electron chi connectivity index (χ4n) is 4.44. The monoisotopic (exact) mass is 581 g/mol. The number of nitrogens with one attached hydrogen (secondary N) is 3. The van der Waals surface area contributed by atoms with E-state index in [1.54, 1.807) is 44.8 Å². The molecule has 0 fully saturated rings. The summed E-state index contributed by atoms with van der Waals surface area (Å²) >= 11 is 0. The quantitative estimate of drug-likeness (QED) is 0.216. The zero-order chi connectivity index (χ0) is 28.2. The molecule has 1 atom stereocenters. The van der Waals surface area contributed by atoms with Gasteiger partial charge in [0.25, 0.3) is 0 Å². The SMILES string of the molecule is COc1ccc(N2NC=C(c3cc(OC)c(OC)c(OC)c3)N2)cc1NC(=O)C(N)Cc1cc2ccccc2o1.Cl. The van der Waals surface area contributed by atoms with Crippen LogP contribution in [0, 0.1) is 0 Å². The summed E-state index contributed by atoms with van der Waals surface area (Å²) in [6.07, 6.45) is 2.05. The van der Waals surface area contributed by atoms with E-state index in [9.17, 15) is 4.79 Å². The summed E-state index contributed by atoms with van der Waals surface area (Å²) in [5.74, 6) is 2.34. The van der Waals surface area contributed by atoms with E-state index < -0.39 is 6.04 Å². The van der Waals surface area contributed by atoms with Crippen LogP contribution < -0.4 is 46.0 Å². The molecule has 3 aromatic carbocycles. The van der Waals surface area contributed by atoms with Crippen LogP contribution in [0.15, 0.2) is 71.3 Å². The van der Waals surface area contributed by atoms with E-state index in [4.69, 9.17) is 29.1 Å². The Balaban J connectivity index is 0.00000387. The van der Waals surface area contributed by atoms with Crippen molar-refractivity contribution >= 4 is 46.4 Å². The van der Waals surface area contributed by atoms with E-state index in [0.717, 1.165) is 22.2 Å². The van der Waals surface area contributed by atoms with Gasteiger partial charge in [0.2, 0.25) is 11.7 Å². The number of nitrogens with two attached hydrogens (primary N) is 1. The first-order valence-corrected chi connectivity index (χ1v) is 12.5. The molecule has 1 aliphatic heterocycles. The topological polar surface area (TPSA) is 132 Å². The summed E-state index contributed by atoms with van der Waals surface area (Å²) in [4.78, 5) is 13.0. The molecule has 1 aliphatic rings. The normalized spacial score (nSPS) is 12.9. The maximum absolute atomic E-state index is 13.0. The van der Waals surface area contributed by atoms with Crippen LogP contribution in [0.5, 0.6) is 23.0 Å². The van der Waals surface area contributed by atoms with Gasteiger partial charge < -0.3 is 34.4 Å². The zero-order valence-corrected chi connectivity index (χ0v) is 23.8. The van der Waals surface area contributed by atoms with Gasteiger partial charge in [-0.2, -0.15) is 5.12 Å². The largest absolute Gasteiger partial charge is 0.495 e. The number of ether oxygens (including phenoxy) is 4. The lowest BCUT2D eigenvalue weighted by Crippen LogP contribution is -2.39. The summed E-state index contributed by atoms with van der Waals surface area (Å²) in [5, 5.41) is 5.55. The number of hydrazine groups is 2. The Morgan fingerprint density at radius 2 is 1.66 bits per heavy atom. The highest BCUT2D eigenvalue weighted by Gasteiger charge is 2.22. The third-order valence-electron chi connectivity index (χ3n) is 6.48. The number of amides is 1. The van der Waals surface area contributed by atoms with Gasteiger partial charge in [0.1, 0.15) is 17.1 Å². The molecule has 1 aromatic heterocycles. The van der Waals surface area contributed by atoms with Crippen LogP contribution in [-0.4, -0.2) is 40.4 Å². The number of halogens is 1. The van der Waals surface area contributed by atoms with Crippen molar-refractivity contribution in [2.24, 2.45) is 5.73 Å². The second-order valence-corrected chi connectivity index (χ2v) is 8.98. The summed E-state index contributed by atoms with van der Waals surface area (Å²) in [7, 11) is 6.23. The van der Waals surface area contributed by atoms with Gasteiger partial charge in [-0.15, -0.1) is 12.4 Å². The molecular formula is C29H32ClN5O6. The number of nitrogens with zero attached hydrogens (tertiary/aromatic N) is 1. The average Bonchev–Trinajstić information content (AvgIpc) is 3.63. The van der Waals surface area contributed by atoms with Crippen molar-refractivity contribution in [2.45, 2.75) is 12.5 Å². The summed E-state index contributed by atoms with van der Waals surface area (Å²) < 4.78 is 27.7. The molecule has 0 bridgehead atoms. The van der Waals surface area contributed by atoms with E-state index in [2.05, 4.69) is 16.2 Å². The van der Waals surface area contributed by atoms with E-state index in [1.165, 1.54) is 7.11 Å². The minimum atomic E-state index is -0.828. The van der Waals surface area contributed by atoms with Crippen LogP contribution in [-0.2, 0) is 11.2 Å².